The summed E-state index contributed by atoms with van der Waals surface area (Å²) >= 11 is 0. The molecular weight excluding hydrogens is 380 g/mol. The number of aromatic nitrogens is 1. The maximum absolute atomic E-state index is 12.9. The topological polar surface area (TPSA) is 85.5 Å². The van der Waals surface area contributed by atoms with Crippen molar-refractivity contribution < 1.29 is 14.4 Å². The van der Waals surface area contributed by atoms with Crippen molar-refractivity contribution in [2.45, 2.75) is 6.42 Å². The lowest BCUT2D eigenvalue weighted by Gasteiger charge is -2.26. The van der Waals surface area contributed by atoms with Crippen LogP contribution in [-0.4, -0.2) is 48.4 Å². The van der Waals surface area contributed by atoms with E-state index in [4.69, 9.17) is 0 Å². The maximum atomic E-state index is 12.9. The fourth-order valence-electron chi connectivity index (χ4n) is 3.50. The molecule has 2 aromatic carbocycles. The fraction of sp³-hybridized carbons (Fsp3) is 0.174. The molecule has 0 atom stereocenters. The molecule has 2 N–H and O–H groups in total. The summed E-state index contributed by atoms with van der Waals surface area (Å²) in [5, 5.41) is 3.32. The smallest absolute Gasteiger partial charge is 0.331 e. The van der Waals surface area contributed by atoms with Gasteiger partial charge in [0.15, 0.2) is 0 Å². The zero-order valence-electron chi connectivity index (χ0n) is 16.8. The maximum Gasteiger partial charge on any atom is 0.331 e. The van der Waals surface area contributed by atoms with E-state index in [2.05, 4.69) is 10.3 Å². The molecule has 1 saturated heterocycles. The van der Waals surface area contributed by atoms with Gasteiger partial charge >= 0.3 is 6.03 Å². The SMILES string of the molecule is CN(C)c1ccc(/C=C2/C(=O)NC(=O)N(CCc3c[nH]c4ccccc34)C2=O)cc1. The number of hydrogen-bond donors (Lipinski definition) is 2. The van der Waals surface area contributed by atoms with Crippen molar-refractivity contribution >= 4 is 40.5 Å². The third-order valence-corrected chi connectivity index (χ3v) is 5.19. The van der Waals surface area contributed by atoms with Gasteiger partial charge in [0.1, 0.15) is 5.57 Å². The number of H-pyrrole nitrogens is 1. The molecule has 3 aromatic rings. The van der Waals surface area contributed by atoms with Crippen molar-refractivity contribution in [1.82, 2.24) is 15.2 Å². The molecule has 1 aromatic heterocycles. The zero-order chi connectivity index (χ0) is 21.3. The standard InChI is InChI=1S/C23H22N4O3/c1-26(2)17-9-7-15(8-10-17)13-19-21(28)25-23(30)27(22(19)29)12-11-16-14-24-20-6-4-3-5-18(16)20/h3-10,13-14,24H,11-12H2,1-2H3,(H,25,28,30)/b19-13-. The van der Waals surface area contributed by atoms with Crippen molar-refractivity contribution in [1.29, 1.82) is 0 Å². The summed E-state index contributed by atoms with van der Waals surface area (Å²) in [6.45, 7) is 0.177. The molecule has 1 aliphatic rings. The van der Waals surface area contributed by atoms with Crippen LogP contribution in [0.4, 0.5) is 10.5 Å². The van der Waals surface area contributed by atoms with Crippen LogP contribution < -0.4 is 10.2 Å². The fourth-order valence-corrected chi connectivity index (χ4v) is 3.50. The van der Waals surface area contributed by atoms with Crippen LogP contribution in [0.1, 0.15) is 11.1 Å². The zero-order valence-corrected chi connectivity index (χ0v) is 16.8. The molecular formula is C23H22N4O3. The van der Waals surface area contributed by atoms with E-state index in [1.807, 2.05) is 73.7 Å². The number of nitrogens with one attached hydrogen (secondary N) is 2. The van der Waals surface area contributed by atoms with Crippen LogP contribution in [0.3, 0.4) is 0 Å². The number of para-hydroxylation sites is 1. The average Bonchev–Trinajstić information content (AvgIpc) is 3.14. The number of anilines is 1. The molecule has 0 aliphatic carbocycles. The molecule has 0 saturated carbocycles. The highest BCUT2D eigenvalue weighted by Gasteiger charge is 2.35. The quantitative estimate of drug-likeness (QED) is 0.508. The van der Waals surface area contributed by atoms with Crippen LogP contribution in [0, 0.1) is 0 Å². The average molecular weight is 402 g/mol. The molecule has 1 aliphatic heterocycles. The Balaban J connectivity index is 1.54. The Bertz CT molecular complexity index is 1160. The lowest BCUT2D eigenvalue weighted by atomic mass is 10.1. The molecule has 1 fully saturated rings. The molecule has 0 radical (unpaired) electrons. The van der Waals surface area contributed by atoms with Gasteiger partial charge in [-0.2, -0.15) is 0 Å². The van der Waals surface area contributed by atoms with Crippen molar-refractivity contribution in [2.24, 2.45) is 0 Å². The van der Waals surface area contributed by atoms with E-state index in [-0.39, 0.29) is 12.1 Å². The summed E-state index contributed by atoms with van der Waals surface area (Å²) in [7, 11) is 3.87. The second kappa shape index (κ2) is 7.87. The summed E-state index contributed by atoms with van der Waals surface area (Å²) in [5.74, 6) is -1.26. The van der Waals surface area contributed by atoms with Gasteiger partial charge in [0, 0.05) is 43.4 Å². The molecule has 2 heterocycles. The van der Waals surface area contributed by atoms with Crippen molar-refractivity contribution in [3.8, 4) is 0 Å². The summed E-state index contributed by atoms with van der Waals surface area (Å²) in [6, 6.07) is 14.6. The minimum absolute atomic E-state index is 0.0499. The Morgan fingerprint density at radius 2 is 1.73 bits per heavy atom. The van der Waals surface area contributed by atoms with Crippen molar-refractivity contribution in [3.63, 3.8) is 0 Å². The van der Waals surface area contributed by atoms with Gasteiger partial charge in [-0.15, -0.1) is 0 Å². The molecule has 7 heteroatoms. The molecule has 4 amide bonds. The largest absolute Gasteiger partial charge is 0.378 e. The summed E-state index contributed by atoms with van der Waals surface area (Å²) in [5.41, 5.74) is 3.68. The van der Waals surface area contributed by atoms with Gasteiger partial charge in [-0.25, -0.2) is 4.79 Å². The second-order valence-electron chi connectivity index (χ2n) is 7.37. The number of carbonyl (C=O) groups excluding carboxylic acids is 3. The first-order valence-corrected chi connectivity index (χ1v) is 9.65. The second-order valence-corrected chi connectivity index (χ2v) is 7.37. The highest BCUT2D eigenvalue weighted by molar-refractivity contribution is 6.31. The summed E-state index contributed by atoms with van der Waals surface area (Å²) < 4.78 is 0. The number of rotatable bonds is 5. The number of fused-ring (bicyclic) bond motifs is 1. The molecule has 30 heavy (non-hydrogen) atoms. The van der Waals surface area contributed by atoms with E-state index in [1.165, 1.54) is 6.08 Å². The minimum Gasteiger partial charge on any atom is -0.378 e. The highest BCUT2D eigenvalue weighted by Crippen LogP contribution is 2.21. The van der Waals surface area contributed by atoms with Crippen LogP contribution in [0.15, 0.2) is 60.3 Å². The van der Waals surface area contributed by atoms with Crippen molar-refractivity contribution in [2.75, 3.05) is 25.5 Å². The predicted octanol–water partition coefficient (Wildman–Crippen LogP) is 2.94. The van der Waals surface area contributed by atoms with Crippen molar-refractivity contribution in [3.05, 3.63) is 71.4 Å². The minimum atomic E-state index is -0.690. The van der Waals surface area contributed by atoms with E-state index in [1.54, 1.807) is 0 Å². The lowest BCUT2D eigenvalue weighted by molar-refractivity contribution is -0.130. The molecule has 152 valence electrons. The number of benzene rings is 2. The highest BCUT2D eigenvalue weighted by atomic mass is 16.2. The van der Waals surface area contributed by atoms with E-state index in [0.29, 0.717) is 12.0 Å². The number of urea groups is 1. The third-order valence-electron chi connectivity index (χ3n) is 5.19. The summed E-state index contributed by atoms with van der Waals surface area (Å²) in [6.07, 6.45) is 3.88. The first kappa shape index (κ1) is 19.4. The first-order chi connectivity index (χ1) is 14.4. The molecule has 0 spiro atoms. The third kappa shape index (κ3) is 3.69. The number of hydrogen-bond acceptors (Lipinski definition) is 4. The number of imide groups is 2. The molecule has 0 bridgehead atoms. The number of aromatic amines is 1. The predicted molar refractivity (Wildman–Crippen MR) is 116 cm³/mol. The van der Waals surface area contributed by atoms with Gasteiger partial charge in [-0.3, -0.25) is 19.8 Å². The Kier molecular flexibility index (Phi) is 5.10. The van der Waals surface area contributed by atoms with Crippen LogP contribution in [0.2, 0.25) is 0 Å². The normalized spacial score (nSPS) is 15.7. The van der Waals surface area contributed by atoms with Gasteiger partial charge in [0.05, 0.1) is 0 Å². The van der Waals surface area contributed by atoms with E-state index in [0.717, 1.165) is 27.1 Å². The number of amides is 4. The number of nitrogens with zero attached hydrogens (tertiary/aromatic N) is 2. The lowest BCUT2D eigenvalue weighted by Crippen LogP contribution is -2.54. The number of barbiturate groups is 1. The molecule has 7 nitrogen and oxygen atoms in total. The van der Waals surface area contributed by atoms with E-state index in [9.17, 15) is 14.4 Å². The Morgan fingerprint density at radius 3 is 2.47 bits per heavy atom. The Hall–Kier alpha value is -3.87. The van der Waals surface area contributed by atoms with Gasteiger partial charge in [-0.05, 0) is 41.8 Å². The van der Waals surface area contributed by atoms with Gasteiger partial charge in [-0.1, -0.05) is 30.3 Å². The molecule has 4 rings (SSSR count). The van der Waals surface area contributed by atoms with Crippen LogP contribution in [0.5, 0.6) is 0 Å². The molecule has 0 unspecified atom stereocenters. The first-order valence-electron chi connectivity index (χ1n) is 9.65. The summed E-state index contributed by atoms with van der Waals surface area (Å²) in [4.78, 5) is 43.7. The van der Waals surface area contributed by atoms with Gasteiger partial charge < -0.3 is 9.88 Å². The van der Waals surface area contributed by atoms with E-state index < -0.39 is 17.8 Å². The van der Waals surface area contributed by atoms with Crippen LogP contribution in [0.25, 0.3) is 17.0 Å². The Labute approximate surface area is 174 Å². The Morgan fingerprint density at radius 1 is 1.00 bits per heavy atom. The van der Waals surface area contributed by atoms with Crippen LogP contribution in [-0.2, 0) is 16.0 Å². The number of carbonyl (C=O) groups is 3. The van der Waals surface area contributed by atoms with Gasteiger partial charge in [0.2, 0.25) is 0 Å². The van der Waals surface area contributed by atoms with Gasteiger partial charge in [0.25, 0.3) is 11.8 Å². The monoisotopic (exact) mass is 402 g/mol. The van der Waals surface area contributed by atoms with E-state index >= 15 is 0 Å². The van der Waals surface area contributed by atoms with Crippen LogP contribution >= 0.6 is 0 Å².